The van der Waals surface area contributed by atoms with Gasteiger partial charge in [-0.2, -0.15) is 4.31 Å². The quantitative estimate of drug-likeness (QED) is 0.519. The normalized spacial score (nSPS) is 14.2. The average molecular weight is 468 g/mol. The number of nitrogens with one attached hydrogen (secondary N) is 2. The van der Waals surface area contributed by atoms with Gasteiger partial charge in [-0.15, -0.1) is 0 Å². The fourth-order valence-corrected chi connectivity index (χ4v) is 5.14. The minimum Gasteiger partial charge on any atom is -0.461 e. The highest BCUT2D eigenvalue weighted by molar-refractivity contribution is 7.89. The minimum absolute atomic E-state index is 0.134. The summed E-state index contributed by atoms with van der Waals surface area (Å²) in [5.74, 6) is 0.506. The summed E-state index contributed by atoms with van der Waals surface area (Å²) in [6.07, 6.45) is 2.23. The van der Waals surface area contributed by atoms with E-state index in [9.17, 15) is 18.0 Å². The Morgan fingerprint density at radius 2 is 1.58 bits per heavy atom. The summed E-state index contributed by atoms with van der Waals surface area (Å²) in [6.45, 7) is 1.03. The lowest BCUT2D eigenvalue weighted by atomic mass is 10.2. The maximum atomic E-state index is 12.6. The first-order chi connectivity index (χ1) is 15.9. The monoisotopic (exact) mass is 467 g/mol. The van der Waals surface area contributed by atoms with E-state index < -0.39 is 15.9 Å². The van der Waals surface area contributed by atoms with Crippen LogP contribution in [0.5, 0.6) is 0 Å². The van der Waals surface area contributed by atoms with Crippen molar-refractivity contribution in [2.24, 2.45) is 0 Å². The van der Waals surface area contributed by atoms with Crippen molar-refractivity contribution in [2.75, 3.05) is 13.1 Å². The molecule has 3 aromatic rings. The number of aryl methyl sites for hydroxylation is 1. The molecule has 1 saturated heterocycles. The van der Waals surface area contributed by atoms with Crippen molar-refractivity contribution < 1.29 is 22.4 Å². The van der Waals surface area contributed by atoms with Gasteiger partial charge in [0.2, 0.25) is 15.9 Å². The summed E-state index contributed by atoms with van der Waals surface area (Å²) in [4.78, 5) is 24.6. The van der Waals surface area contributed by atoms with Gasteiger partial charge in [0.15, 0.2) is 0 Å². The molecule has 0 spiro atoms. The van der Waals surface area contributed by atoms with Gasteiger partial charge in [0.1, 0.15) is 11.5 Å². The molecule has 4 rings (SSSR count). The highest BCUT2D eigenvalue weighted by atomic mass is 32.2. The molecule has 0 unspecified atom stereocenters. The molecule has 0 bridgehead atoms. The molecular formula is C24H25N3O5S. The number of hydrazine groups is 1. The first-order valence-corrected chi connectivity index (χ1v) is 12.2. The second-order valence-electron chi connectivity index (χ2n) is 7.77. The molecule has 2 amide bonds. The lowest BCUT2D eigenvalue weighted by Gasteiger charge is -2.15. The number of rotatable bonds is 7. The van der Waals surface area contributed by atoms with Crippen molar-refractivity contribution in [3.63, 3.8) is 0 Å². The molecule has 0 radical (unpaired) electrons. The van der Waals surface area contributed by atoms with E-state index >= 15 is 0 Å². The van der Waals surface area contributed by atoms with Crippen LogP contribution in [-0.2, 0) is 21.2 Å². The Bertz CT molecular complexity index is 1210. The van der Waals surface area contributed by atoms with Gasteiger partial charge in [-0.1, -0.05) is 30.3 Å². The topological polar surface area (TPSA) is 109 Å². The number of carbonyl (C=O) groups is 2. The summed E-state index contributed by atoms with van der Waals surface area (Å²) in [7, 11) is -3.53. The molecule has 2 aromatic carbocycles. The third-order valence-electron chi connectivity index (χ3n) is 5.45. The third kappa shape index (κ3) is 5.50. The van der Waals surface area contributed by atoms with Gasteiger partial charge in [-0.3, -0.25) is 20.4 Å². The van der Waals surface area contributed by atoms with Crippen molar-refractivity contribution in [2.45, 2.75) is 30.6 Å². The number of benzene rings is 2. The van der Waals surface area contributed by atoms with E-state index in [4.69, 9.17) is 4.42 Å². The molecular weight excluding hydrogens is 442 g/mol. The van der Waals surface area contributed by atoms with Gasteiger partial charge in [0.05, 0.1) is 4.90 Å². The zero-order chi connectivity index (χ0) is 23.3. The van der Waals surface area contributed by atoms with Crippen molar-refractivity contribution in [3.8, 4) is 11.3 Å². The SMILES string of the molecule is O=C(CCc1ccc(-c2ccccc2)o1)NNC(=O)c1ccc(S(=O)(=O)N2CCCC2)cc1. The molecule has 9 heteroatoms. The van der Waals surface area contributed by atoms with E-state index in [0.717, 1.165) is 24.2 Å². The predicted molar refractivity (Wildman–Crippen MR) is 123 cm³/mol. The lowest BCUT2D eigenvalue weighted by molar-refractivity contribution is -0.121. The molecule has 172 valence electrons. The molecule has 1 aromatic heterocycles. The summed E-state index contributed by atoms with van der Waals surface area (Å²) < 4.78 is 32.3. The highest BCUT2D eigenvalue weighted by Gasteiger charge is 2.27. The summed E-state index contributed by atoms with van der Waals surface area (Å²) >= 11 is 0. The Morgan fingerprint density at radius 3 is 2.27 bits per heavy atom. The van der Waals surface area contributed by atoms with Crippen LogP contribution in [0.1, 0.15) is 35.4 Å². The molecule has 2 heterocycles. The minimum atomic E-state index is -3.53. The molecule has 0 atom stereocenters. The maximum Gasteiger partial charge on any atom is 0.269 e. The van der Waals surface area contributed by atoms with Crippen molar-refractivity contribution in [1.82, 2.24) is 15.2 Å². The fourth-order valence-electron chi connectivity index (χ4n) is 3.62. The Morgan fingerprint density at radius 1 is 0.879 bits per heavy atom. The molecule has 1 aliphatic rings. The Hall–Kier alpha value is -3.43. The molecule has 1 fully saturated rings. The number of amides is 2. The average Bonchev–Trinajstić information content (AvgIpc) is 3.55. The maximum absolute atomic E-state index is 12.6. The van der Waals surface area contributed by atoms with Gasteiger partial charge in [-0.25, -0.2) is 8.42 Å². The smallest absolute Gasteiger partial charge is 0.269 e. The van der Waals surface area contributed by atoms with Crippen LogP contribution in [0.4, 0.5) is 0 Å². The number of sulfonamides is 1. The molecule has 33 heavy (non-hydrogen) atoms. The summed E-state index contributed by atoms with van der Waals surface area (Å²) in [6, 6.07) is 19.0. The number of nitrogens with zero attached hydrogens (tertiary/aromatic N) is 1. The lowest BCUT2D eigenvalue weighted by Crippen LogP contribution is -2.41. The van der Waals surface area contributed by atoms with E-state index in [-0.39, 0.29) is 22.8 Å². The van der Waals surface area contributed by atoms with Gasteiger partial charge in [0.25, 0.3) is 5.91 Å². The molecule has 8 nitrogen and oxygen atoms in total. The fraction of sp³-hybridized carbons (Fsp3) is 0.250. The molecule has 0 aliphatic carbocycles. The second-order valence-corrected chi connectivity index (χ2v) is 9.71. The molecule has 1 aliphatic heterocycles. The van der Waals surface area contributed by atoms with Crippen LogP contribution in [0.25, 0.3) is 11.3 Å². The van der Waals surface area contributed by atoms with Gasteiger partial charge < -0.3 is 4.42 Å². The van der Waals surface area contributed by atoms with E-state index in [1.807, 2.05) is 42.5 Å². The number of hydrogen-bond acceptors (Lipinski definition) is 5. The number of furan rings is 1. The van der Waals surface area contributed by atoms with Crippen LogP contribution in [0.15, 0.2) is 76.0 Å². The van der Waals surface area contributed by atoms with Gasteiger partial charge >= 0.3 is 0 Å². The largest absolute Gasteiger partial charge is 0.461 e. The first-order valence-electron chi connectivity index (χ1n) is 10.8. The summed E-state index contributed by atoms with van der Waals surface area (Å²) in [5.41, 5.74) is 5.93. The molecule has 2 N–H and O–H groups in total. The van der Waals surface area contributed by atoms with Crippen LogP contribution in [0.2, 0.25) is 0 Å². The van der Waals surface area contributed by atoms with Crippen LogP contribution in [0, 0.1) is 0 Å². The Labute approximate surface area is 192 Å². The van der Waals surface area contributed by atoms with Crippen molar-refractivity contribution >= 4 is 21.8 Å². The van der Waals surface area contributed by atoms with E-state index in [2.05, 4.69) is 10.9 Å². The van der Waals surface area contributed by atoms with Crippen LogP contribution in [-0.4, -0.2) is 37.6 Å². The van der Waals surface area contributed by atoms with Crippen molar-refractivity contribution in [3.05, 3.63) is 78.1 Å². The number of carbonyl (C=O) groups excluding carboxylic acids is 2. The highest BCUT2D eigenvalue weighted by Crippen LogP contribution is 2.23. The first kappa shape index (κ1) is 22.8. The Balaban J connectivity index is 1.25. The molecule has 0 saturated carbocycles. The van der Waals surface area contributed by atoms with E-state index in [0.29, 0.717) is 25.3 Å². The van der Waals surface area contributed by atoms with Crippen molar-refractivity contribution in [1.29, 1.82) is 0 Å². The standard InChI is InChI=1S/C24H25N3O5S/c28-23(15-11-20-10-14-22(32-20)18-6-2-1-3-7-18)25-26-24(29)19-8-12-21(13-9-19)33(30,31)27-16-4-5-17-27/h1-3,6-10,12-14H,4-5,11,15-17H2,(H,25,28)(H,26,29). The Kier molecular flexibility index (Phi) is 6.90. The summed E-state index contributed by atoms with van der Waals surface area (Å²) in [5, 5.41) is 0. The third-order valence-corrected chi connectivity index (χ3v) is 7.37. The zero-order valence-electron chi connectivity index (χ0n) is 18.0. The van der Waals surface area contributed by atoms with Gasteiger partial charge in [0, 0.05) is 37.1 Å². The zero-order valence-corrected chi connectivity index (χ0v) is 18.8. The van der Waals surface area contributed by atoms with E-state index in [1.54, 1.807) is 0 Å². The van der Waals surface area contributed by atoms with Crippen LogP contribution >= 0.6 is 0 Å². The number of hydrogen-bond donors (Lipinski definition) is 2. The van der Waals surface area contributed by atoms with Crippen LogP contribution < -0.4 is 10.9 Å². The predicted octanol–water partition coefficient (Wildman–Crippen LogP) is 3.12. The van der Waals surface area contributed by atoms with Gasteiger partial charge in [-0.05, 0) is 49.2 Å². The van der Waals surface area contributed by atoms with E-state index in [1.165, 1.54) is 28.6 Å². The second kappa shape index (κ2) is 10.0. The van der Waals surface area contributed by atoms with Crippen LogP contribution in [0.3, 0.4) is 0 Å².